The summed E-state index contributed by atoms with van der Waals surface area (Å²) in [5, 5.41) is 6.69. The van der Waals surface area contributed by atoms with Gasteiger partial charge in [-0.15, -0.1) is 0 Å². The maximum absolute atomic E-state index is 4.62. The van der Waals surface area contributed by atoms with Crippen LogP contribution in [-0.2, 0) is 20.0 Å². The van der Waals surface area contributed by atoms with E-state index in [9.17, 15) is 0 Å². The Morgan fingerprint density at radius 1 is 1.09 bits per heavy atom. The molecule has 1 aromatic heterocycles. The molecule has 0 bridgehead atoms. The van der Waals surface area contributed by atoms with Crippen LogP contribution in [0.25, 0.3) is 0 Å². The molecule has 2 rings (SSSR count). The molecule has 0 spiro atoms. The molecular formula is C18H26N4. The van der Waals surface area contributed by atoms with Crippen LogP contribution in [-0.4, -0.2) is 23.6 Å². The number of guanidine groups is 1. The van der Waals surface area contributed by atoms with Crippen molar-refractivity contribution in [1.29, 1.82) is 0 Å². The molecule has 0 unspecified atom stereocenters. The minimum atomic E-state index is 0.703. The Kier molecular flexibility index (Phi) is 6.55. The van der Waals surface area contributed by atoms with E-state index in [4.69, 9.17) is 0 Å². The first kappa shape index (κ1) is 16.1. The smallest absolute Gasteiger partial charge is 0.191 e. The molecule has 4 nitrogen and oxygen atoms in total. The zero-order chi connectivity index (χ0) is 15.6. The van der Waals surface area contributed by atoms with Crippen LogP contribution in [0.3, 0.4) is 0 Å². The van der Waals surface area contributed by atoms with E-state index in [0.29, 0.717) is 6.54 Å². The molecular weight excluding hydrogens is 272 g/mol. The highest BCUT2D eigenvalue weighted by Gasteiger charge is 1.99. The lowest BCUT2D eigenvalue weighted by molar-refractivity contribution is 0.743. The van der Waals surface area contributed by atoms with Crippen LogP contribution in [0.5, 0.6) is 0 Å². The third-order valence-electron chi connectivity index (χ3n) is 3.43. The van der Waals surface area contributed by atoms with E-state index in [1.165, 1.54) is 11.1 Å². The van der Waals surface area contributed by atoms with Crippen LogP contribution in [0.1, 0.15) is 24.5 Å². The van der Waals surface area contributed by atoms with Gasteiger partial charge in [0.25, 0.3) is 0 Å². The lowest BCUT2D eigenvalue weighted by atomic mass is 10.1. The first-order valence-electron chi connectivity index (χ1n) is 7.95. The van der Waals surface area contributed by atoms with Crippen molar-refractivity contribution < 1.29 is 0 Å². The largest absolute Gasteiger partial charge is 0.357 e. The van der Waals surface area contributed by atoms with Gasteiger partial charge in [-0.1, -0.05) is 30.3 Å². The Morgan fingerprint density at radius 3 is 2.59 bits per heavy atom. The molecule has 0 saturated carbocycles. The zero-order valence-electron chi connectivity index (χ0n) is 13.5. The number of benzene rings is 1. The van der Waals surface area contributed by atoms with Gasteiger partial charge < -0.3 is 15.2 Å². The predicted molar refractivity (Wildman–Crippen MR) is 93.0 cm³/mol. The molecule has 0 aliphatic rings. The average Bonchev–Trinajstić information content (AvgIpc) is 2.95. The van der Waals surface area contributed by atoms with Gasteiger partial charge in [0.05, 0.1) is 6.54 Å². The first-order valence-corrected chi connectivity index (χ1v) is 7.95. The van der Waals surface area contributed by atoms with Gasteiger partial charge in [0.1, 0.15) is 0 Å². The van der Waals surface area contributed by atoms with Crippen LogP contribution in [0.2, 0.25) is 0 Å². The van der Waals surface area contributed by atoms with Crippen molar-refractivity contribution in [2.75, 3.05) is 13.1 Å². The summed E-state index contributed by atoms with van der Waals surface area (Å²) in [6, 6.07) is 12.7. The van der Waals surface area contributed by atoms with Gasteiger partial charge >= 0.3 is 0 Å². The van der Waals surface area contributed by atoms with Gasteiger partial charge in [0.2, 0.25) is 0 Å². The number of aryl methyl sites for hydroxylation is 2. The van der Waals surface area contributed by atoms with Crippen molar-refractivity contribution in [3.63, 3.8) is 0 Å². The fraction of sp³-hybridized carbons (Fsp3) is 0.389. The second kappa shape index (κ2) is 8.93. The Balaban J connectivity index is 1.76. The van der Waals surface area contributed by atoms with Gasteiger partial charge in [-0.05, 0) is 37.0 Å². The maximum Gasteiger partial charge on any atom is 0.191 e. The van der Waals surface area contributed by atoms with Crippen molar-refractivity contribution in [3.05, 3.63) is 59.9 Å². The Labute approximate surface area is 133 Å². The molecule has 0 radical (unpaired) electrons. The number of nitrogens with one attached hydrogen (secondary N) is 2. The lowest BCUT2D eigenvalue weighted by Crippen LogP contribution is -2.37. The van der Waals surface area contributed by atoms with E-state index in [0.717, 1.165) is 31.9 Å². The molecule has 1 aromatic carbocycles. The maximum atomic E-state index is 4.62. The van der Waals surface area contributed by atoms with Crippen LogP contribution >= 0.6 is 0 Å². The van der Waals surface area contributed by atoms with E-state index in [1.54, 1.807) is 0 Å². The topological polar surface area (TPSA) is 41.4 Å². The summed E-state index contributed by atoms with van der Waals surface area (Å²) in [5.41, 5.74) is 2.61. The summed E-state index contributed by atoms with van der Waals surface area (Å²) in [7, 11) is 2.03. The van der Waals surface area contributed by atoms with Crippen LogP contribution in [0.4, 0.5) is 0 Å². The minimum Gasteiger partial charge on any atom is -0.357 e. The van der Waals surface area contributed by atoms with Crippen molar-refractivity contribution in [2.24, 2.45) is 12.0 Å². The first-order chi connectivity index (χ1) is 10.8. The summed E-state index contributed by atoms with van der Waals surface area (Å²) in [6.45, 7) is 4.59. The number of nitrogens with zero attached hydrogens (tertiary/aromatic N) is 2. The van der Waals surface area contributed by atoms with E-state index < -0.39 is 0 Å². The molecule has 118 valence electrons. The normalized spacial score (nSPS) is 11.5. The number of aliphatic imine (C=N–C) groups is 1. The molecule has 2 N–H and O–H groups in total. The van der Waals surface area contributed by atoms with Crippen molar-refractivity contribution >= 4 is 5.96 Å². The molecule has 22 heavy (non-hydrogen) atoms. The van der Waals surface area contributed by atoms with E-state index in [-0.39, 0.29) is 0 Å². The van der Waals surface area contributed by atoms with Crippen LogP contribution in [0.15, 0.2) is 53.8 Å². The molecule has 4 heteroatoms. The molecule has 0 atom stereocenters. The van der Waals surface area contributed by atoms with Crippen molar-refractivity contribution in [3.8, 4) is 0 Å². The fourth-order valence-corrected chi connectivity index (χ4v) is 2.31. The lowest BCUT2D eigenvalue weighted by Gasteiger charge is -2.11. The summed E-state index contributed by atoms with van der Waals surface area (Å²) < 4.78 is 2.05. The second-order valence-corrected chi connectivity index (χ2v) is 5.40. The Hall–Kier alpha value is -2.23. The highest BCUT2D eigenvalue weighted by molar-refractivity contribution is 5.79. The van der Waals surface area contributed by atoms with Crippen LogP contribution in [0, 0.1) is 0 Å². The predicted octanol–water partition coefficient (Wildman–Crippen LogP) is 2.71. The van der Waals surface area contributed by atoms with Gasteiger partial charge in [-0.2, -0.15) is 0 Å². The molecule has 0 aliphatic carbocycles. The number of rotatable bonds is 7. The second-order valence-electron chi connectivity index (χ2n) is 5.40. The quantitative estimate of drug-likeness (QED) is 0.469. The molecule has 1 heterocycles. The van der Waals surface area contributed by atoms with E-state index in [1.807, 2.05) is 17.8 Å². The average molecular weight is 298 g/mol. The third kappa shape index (κ3) is 5.64. The SMILES string of the molecule is CCNC(=NCc1ccn(C)c1)NCCCc1ccccc1. The minimum absolute atomic E-state index is 0.703. The third-order valence-corrected chi connectivity index (χ3v) is 3.43. The van der Waals surface area contributed by atoms with Gasteiger partial charge in [0, 0.05) is 32.5 Å². The number of hydrogen-bond acceptors (Lipinski definition) is 1. The summed E-state index contributed by atoms with van der Waals surface area (Å²) >= 11 is 0. The Morgan fingerprint density at radius 2 is 1.91 bits per heavy atom. The standard InChI is InChI=1S/C18H26N4/c1-3-19-18(21-14-17-11-13-22(2)15-17)20-12-7-10-16-8-5-4-6-9-16/h4-6,8-9,11,13,15H,3,7,10,12,14H2,1-2H3,(H2,19,20,21). The zero-order valence-corrected chi connectivity index (χ0v) is 13.5. The van der Waals surface area contributed by atoms with Crippen molar-refractivity contribution in [1.82, 2.24) is 15.2 Å². The molecule has 0 fully saturated rings. The summed E-state index contributed by atoms with van der Waals surface area (Å²) in [4.78, 5) is 4.62. The number of hydrogen-bond donors (Lipinski definition) is 2. The summed E-state index contributed by atoms with van der Waals surface area (Å²) in [5.74, 6) is 0.888. The monoisotopic (exact) mass is 298 g/mol. The molecule has 0 saturated heterocycles. The molecule has 2 aromatic rings. The van der Waals surface area contributed by atoms with Gasteiger partial charge in [-0.3, -0.25) is 0 Å². The molecule has 0 amide bonds. The van der Waals surface area contributed by atoms with Gasteiger partial charge in [0.15, 0.2) is 5.96 Å². The summed E-state index contributed by atoms with van der Waals surface area (Å²) in [6.07, 6.45) is 6.33. The van der Waals surface area contributed by atoms with E-state index >= 15 is 0 Å². The molecule has 0 aliphatic heterocycles. The highest BCUT2D eigenvalue weighted by Crippen LogP contribution is 2.02. The Bertz CT molecular complexity index is 572. The highest BCUT2D eigenvalue weighted by atomic mass is 15.2. The van der Waals surface area contributed by atoms with Gasteiger partial charge in [-0.25, -0.2) is 4.99 Å². The van der Waals surface area contributed by atoms with Crippen molar-refractivity contribution in [2.45, 2.75) is 26.3 Å². The van der Waals surface area contributed by atoms with E-state index in [2.05, 4.69) is 65.1 Å². The fourth-order valence-electron chi connectivity index (χ4n) is 2.31. The van der Waals surface area contributed by atoms with Crippen LogP contribution < -0.4 is 10.6 Å². The number of aromatic nitrogens is 1.